The van der Waals surface area contributed by atoms with Gasteiger partial charge in [0.2, 0.25) is 0 Å². The summed E-state index contributed by atoms with van der Waals surface area (Å²) in [6.45, 7) is 1.77. The van der Waals surface area contributed by atoms with Crippen LogP contribution in [0.15, 0.2) is 29.6 Å². The normalized spacial score (nSPS) is 13.5. The second-order valence-electron chi connectivity index (χ2n) is 4.30. The number of alkyl halides is 3. The molecule has 0 saturated heterocycles. The largest absolute Gasteiger partial charge is 0.416 e. The van der Waals surface area contributed by atoms with Gasteiger partial charge in [-0.25, -0.2) is 9.82 Å². The molecule has 1 aromatic carbocycles. The molecule has 108 valence electrons. The van der Waals surface area contributed by atoms with Gasteiger partial charge in [-0.2, -0.15) is 13.2 Å². The third kappa shape index (κ3) is 2.84. The van der Waals surface area contributed by atoms with Crippen LogP contribution in [-0.4, -0.2) is 0 Å². The van der Waals surface area contributed by atoms with Crippen molar-refractivity contribution >= 4 is 11.3 Å². The van der Waals surface area contributed by atoms with Gasteiger partial charge < -0.3 is 0 Å². The topological polar surface area (TPSA) is 38.0 Å². The van der Waals surface area contributed by atoms with Crippen LogP contribution in [0.25, 0.3) is 0 Å². The standard InChI is InChI=1S/C13H12F4N2S/c1-7-4-5-20-12(7)11(19-18)9-6-8(14)2-3-10(9)13(15,16)17/h2-6,11,19H,18H2,1H3. The van der Waals surface area contributed by atoms with Crippen molar-refractivity contribution in [3.63, 3.8) is 0 Å². The maximum atomic E-state index is 13.3. The Kier molecular flexibility index (Phi) is 4.12. The molecular formula is C13H12F4N2S. The van der Waals surface area contributed by atoms with Crippen molar-refractivity contribution in [2.45, 2.75) is 19.1 Å². The highest BCUT2D eigenvalue weighted by Gasteiger charge is 2.36. The van der Waals surface area contributed by atoms with E-state index in [0.717, 1.165) is 23.8 Å². The lowest BCUT2D eigenvalue weighted by Crippen LogP contribution is -2.30. The van der Waals surface area contributed by atoms with E-state index in [0.29, 0.717) is 4.88 Å². The van der Waals surface area contributed by atoms with Crippen LogP contribution < -0.4 is 11.3 Å². The molecule has 0 aliphatic rings. The first kappa shape index (κ1) is 15.0. The van der Waals surface area contributed by atoms with Gasteiger partial charge in [-0.15, -0.1) is 11.3 Å². The third-order valence-corrected chi connectivity index (χ3v) is 4.04. The van der Waals surface area contributed by atoms with E-state index in [9.17, 15) is 17.6 Å². The van der Waals surface area contributed by atoms with E-state index in [-0.39, 0.29) is 5.56 Å². The number of hydrazine groups is 1. The second kappa shape index (κ2) is 5.51. The smallest absolute Gasteiger partial charge is 0.271 e. The Balaban J connectivity index is 2.60. The summed E-state index contributed by atoms with van der Waals surface area (Å²) in [6, 6.07) is 3.27. The van der Waals surface area contributed by atoms with Crippen LogP contribution in [0, 0.1) is 12.7 Å². The zero-order chi connectivity index (χ0) is 14.9. The van der Waals surface area contributed by atoms with Crippen molar-refractivity contribution in [3.05, 3.63) is 57.0 Å². The van der Waals surface area contributed by atoms with E-state index in [1.807, 2.05) is 0 Å². The molecule has 0 saturated carbocycles. The lowest BCUT2D eigenvalue weighted by molar-refractivity contribution is -0.138. The van der Waals surface area contributed by atoms with Gasteiger partial charge in [0.25, 0.3) is 0 Å². The van der Waals surface area contributed by atoms with Gasteiger partial charge in [-0.05, 0) is 47.7 Å². The van der Waals surface area contributed by atoms with Gasteiger partial charge in [-0.3, -0.25) is 5.84 Å². The highest BCUT2D eigenvalue weighted by atomic mass is 32.1. The van der Waals surface area contributed by atoms with Crippen LogP contribution in [0.4, 0.5) is 17.6 Å². The molecule has 3 N–H and O–H groups in total. The summed E-state index contributed by atoms with van der Waals surface area (Å²) in [7, 11) is 0. The zero-order valence-electron chi connectivity index (χ0n) is 10.5. The van der Waals surface area contributed by atoms with E-state index in [1.54, 1.807) is 18.4 Å². The predicted molar refractivity (Wildman–Crippen MR) is 69.6 cm³/mol. The summed E-state index contributed by atoms with van der Waals surface area (Å²) < 4.78 is 52.4. The van der Waals surface area contributed by atoms with Crippen molar-refractivity contribution in [1.82, 2.24) is 5.43 Å². The fraction of sp³-hybridized carbons (Fsp3) is 0.231. The monoisotopic (exact) mass is 304 g/mol. The molecule has 2 rings (SSSR count). The first-order valence-electron chi connectivity index (χ1n) is 5.71. The molecule has 1 aromatic heterocycles. The molecule has 1 atom stereocenters. The fourth-order valence-corrected chi connectivity index (χ4v) is 3.02. The minimum absolute atomic E-state index is 0.217. The molecule has 0 aliphatic carbocycles. The summed E-state index contributed by atoms with van der Waals surface area (Å²) in [4.78, 5) is 0.628. The van der Waals surface area contributed by atoms with E-state index in [4.69, 9.17) is 5.84 Å². The van der Waals surface area contributed by atoms with E-state index < -0.39 is 23.6 Å². The van der Waals surface area contributed by atoms with Crippen LogP contribution in [-0.2, 0) is 6.18 Å². The van der Waals surface area contributed by atoms with Gasteiger partial charge in [0.1, 0.15) is 5.82 Å². The Morgan fingerprint density at radius 1 is 1.25 bits per heavy atom. The molecule has 20 heavy (non-hydrogen) atoms. The van der Waals surface area contributed by atoms with Crippen molar-refractivity contribution in [3.8, 4) is 0 Å². The third-order valence-electron chi connectivity index (χ3n) is 2.96. The van der Waals surface area contributed by atoms with Crippen molar-refractivity contribution in [2.75, 3.05) is 0 Å². The van der Waals surface area contributed by atoms with E-state index in [2.05, 4.69) is 5.43 Å². The average Bonchev–Trinajstić information content (AvgIpc) is 2.75. The van der Waals surface area contributed by atoms with Crippen LogP contribution in [0.1, 0.15) is 27.6 Å². The molecule has 0 aliphatic heterocycles. The molecule has 2 nitrogen and oxygen atoms in total. The average molecular weight is 304 g/mol. The summed E-state index contributed by atoms with van der Waals surface area (Å²) in [6.07, 6.45) is -4.57. The molecule has 1 heterocycles. The van der Waals surface area contributed by atoms with Crippen LogP contribution in [0.5, 0.6) is 0 Å². The predicted octanol–water partition coefficient (Wildman–Crippen LogP) is 3.77. The number of hydrogen-bond acceptors (Lipinski definition) is 3. The van der Waals surface area contributed by atoms with Crippen LogP contribution in [0.3, 0.4) is 0 Å². The maximum absolute atomic E-state index is 13.3. The Morgan fingerprint density at radius 3 is 2.45 bits per heavy atom. The number of thiophene rings is 1. The van der Waals surface area contributed by atoms with Crippen molar-refractivity contribution in [1.29, 1.82) is 0 Å². The molecule has 2 aromatic rings. The van der Waals surface area contributed by atoms with Gasteiger partial charge in [0, 0.05) is 4.88 Å². The quantitative estimate of drug-likeness (QED) is 0.515. The highest BCUT2D eigenvalue weighted by Crippen LogP contribution is 2.38. The van der Waals surface area contributed by atoms with E-state index >= 15 is 0 Å². The number of nitrogens with one attached hydrogen (secondary N) is 1. The van der Waals surface area contributed by atoms with E-state index in [1.165, 1.54) is 11.3 Å². The first-order chi connectivity index (χ1) is 9.34. The summed E-state index contributed by atoms with van der Waals surface area (Å²) in [5.41, 5.74) is 2.04. The molecule has 0 radical (unpaired) electrons. The van der Waals surface area contributed by atoms with Gasteiger partial charge in [-0.1, -0.05) is 0 Å². The maximum Gasteiger partial charge on any atom is 0.416 e. The van der Waals surface area contributed by atoms with Crippen LogP contribution in [0.2, 0.25) is 0 Å². The lowest BCUT2D eigenvalue weighted by atomic mass is 9.97. The fourth-order valence-electron chi connectivity index (χ4n) is 2.02. The number of hydrogen-bond donors (Lipinski definition) is 2. The number of rotatable bonds is 3. The Bertz CT molecular complexity index is 607. The van der Waals surface area contributed by atoms with Gasteiger partial charge in [0.15, 0.2) is 0 Å². The molecular weight excluding hydrogens is 292 g/mol. The first-order valence-corrected chi connectivity index (χ1v) is 6.59. The Labute approximate surface area is 117 Å². The molecule has 7 heteroatoms. The van der Waals surface area contributed by atoms with Gasteiger partial charge in [0.05, 0.1) is 11.6 Å². The number of benzene rings is 1. The number of nitrogens with two attached hydrogens (primary N) is 1. The molecule has 0 amide bonds. The Hall–Kier alpha value is -1.44. The Morgan fingerprint density at radius 2 is 1.95 bits per heavy atom. The SMILES string of the molecule is Cc1ccsc1C(NN)c1cc(F)ccc1C(F)(F)F. The summed E-state index contributed by atoms with van der Waals surface area (Å²) in [5, 5.41) is 1.75. The van der Waals surface area contributed by atoms with Crippen molar-refractivity contribution in [2.24, 2.45) is 5.84 Å². The second-order valence-corrected chi connectivity index (χ2v) is 5.24. The zero-order valence-corrected chi connectivity index (χ0v) is 11.3. The summed E-state index contributed by atoms with van der Waals surface area (Å²) in [5.74, 6) is 4.66. The van der Waals surface area contributed by atoms with Crippen LogP contribution >= 0.6 is 11.3 Å². The molecule has 0 bridgehead atoms. The minimum Gasteiger partial charge on any atom is -0.271 e. The van der Waals surface area contributed by atoms with Gasteiger partial charge >= 0.3 is 6.18 Å². The highest BCUT2D eigenvalue weighted by molar-refractivity contribution is 7.10. The summed E-state index contributed by atoms with van der Waals surface area (Å²) >= 11 is 1.27. The molecule has 0 spiro atoms. The molecule has 0 fully saturated rings. The lowest BCUT2D eigenvalue weighted by Gasteiger charge is -2.21. The minimum atomic E-state index is -4.57. The number of aryl methyl sites for hydroxylation is 1. The van der Waals surface area contributed by atoms with Crippen molar-refractivity contribution < 1.29 is 17.6 Å². The number of halogens is 4. The molecule has 1 unspecified atom stereocenters.